The number of benzene rings is 1. The standard InChI is InChI=1S/C10H13NO2/c1-3-13-11(9(2)12)10-7-5-4-6-8-10/h4-8H,3H2,1-2H3. The highest BCUT2D eigenvalue weighted by atomic mass is 16.7. The van der Waals surface area contributed by atoms with Crippen molar-refractivity contribution in [2.45, 2.75) is 13.8 Å². The molecule has 0 bridgehead atoms. The molecule has 0 N–H and O–H groups in total. The summed E-state index contributed by atoms with van der Waals surface area (Å²) in [5.74, 6) is -0.118. The van der Waals surface area contributed by atoms with Gasteiger partial charge in [0.2, 0.25) is 5.91 Å². The highest BCUT2D eigenvalue weighted by Gasteiger charge is 2.09. The Hall–Kier alpha value is -1.35. The predicted molar refractivity (Wildman–Crippen MR) is 51.2 cm³/mol. The molecule has 0 atom stereocenters. The first-order valence-electron chi connectivity index (χ1n) is 4.24. The van der Waals surface area contributed by atoms with E-state index in [1.165, 1.54) is 12.0 Å². The van der Waals surface area contributed by atoms with Crippen molar-refractivity contribution < 1.29 is 9.63 Å². The Morgan fingerprint density at radius 2 is 2.00 bits per heavy atom. The number of para-hydroxylation sites is 1. The van der Waals surface area contributed by atoms with Crippen LogP contribution in [0, 0.1) is 0 Å². The molecule has 13 heavy (non-hydrogen) atoms. The largest absolute Gasteiger partial charge is 0.273 e. The van der Waals surface area contributed by atoms with E-state index in [-0.39, 0.29) is 5.91 Å². The zero-order chi connectivity index (χ0) is 9.68. The fourth-order valence-corrected chi connectivity index (χ4v) is 1.04. The fraction of sp³-hybridized carbons (Fsp3) is 0.300. The molecule has 0 radical (unpaired) electrons. The predicted octanol–water partition coefficient (Wildman–Crippen LogP) is 1.99. The van der Waals surface area contributed by atoms with E-state index in [0.717, 1.165) is 5.69 Å². The summed E-state index contributed by atoms with van der Waals surface area (Å²) in [7, 11) is 0. The van der Waals surface area contributed by atoms with E-state index >= 15 is 0 Å². The highest BCUT2D eigenvalue weighted by Crippen LogP contribution is 2.13. The number of amides is 1. The number of nitrogens with zero attached hydrogens (tertiary/aromatic N) is 1. The average molecular weight is 179 g/mol. The molecule has 0 saturated carbocycles. The number of anilines is 1. The van der Waals surface area contributed by atoms with Gasteiger partial charge >= 0.3 is 0 Å². The smallest absolute Gasteiger partial charge is 0.247 e. The van der Waals surface area contributed by atoms with Crippen molar-refractivity contribution in [3.8, 4) is 0 Å². The van der Waals surface area contributed by atoms with Gasteiger partial charge < -0.3 is 0 Å². The minimum absolute atomic E-state index is 0.118. The maximum absolute atomic E-state index is 11.1. The topological polar surface area (TPSA) is 29.5 Å². The molecule has 0 aromatic heterocycles. The molecule has 1 aromatic rings. The van der Waals surface area contributed by atoms with Crippen LogP contribution in [0.2, 0.25) is 0 Å². The van der Waals surface area contributed by atoms with E-state index in [1.807, 2.05) is 37.3 Å². The van der Waals surface area contributed by atoms with E-state index in [1.54, 1.807) is 0 Å². The third-order valence-corrected chi connectivity index (χ3v) is 1.53. The van der Waals surface area contributed by atoms with Crippen molar-refractivity contribution in [2.75, 3.05) is 11.7 Å². The van der Waals surface area contributed by atoms with E-state index in [2.05, 4.69) is 0 Å². The summed E-state index contributed by atoms with van der Waals surface area (Å²) in [6.45, 7) is 3.80. The summed E-state index contributed by atoms with van der Waals surface area (Å²) in [5.41, 5.74) is 0.761. The first-order chi connectivity index (χ1) is 6.25. The molecular weight excluding hydrogens is 166 g/mol. The Balaban J connectivity index is 2.82. The van der Waals surface area contributed by atoms with Gasteiger partial charge in [-0.2, -0.15) is 5.06 Å². The SMILES string of the molecule is CCON(C(C)=O)c1ccccc1. The number of rotatable bonds is 3. The normalized spacial score (nSPS) is 9.69. The van der Waals surface area contributed by atoms with Crippen LogP contribution in [0.5, 0.6) is 0 Å². The molecule has 1 rings (SSSR count). The van der Waals surface area contributed by atoms with Gasteiger partial charge in [-0.1, -0.05) is 18.2 Å². The van der Waals surface area contributed by atoms with Gasteiger partial charge in [-0.25, -0.2) is 0 Å². The molecule has 3 heteroatoms. The molecule has 0 aliphatic carbocycles. The van der Waals surface area contributed by atoms with Gasteiger partial charge in [-0.05, 0) is 19.1 Å². The Labute approximate surface area is 77.9 Å². The summed E-state index contributed by atoms with van der Waals surface area (Å²) < 4.78 is 0. The maximum Gasteiger partial charge on any atom is 0.247 e. The lowest BCUT2D eigenvalue weighted by atomic mass is 10.3. The Morgan fingerprint density at radius 3 is 2.46 bits per heavy atom. The van der Waals surface area contributed by atoms with Crippen molar-refractivity contribution >= 4 is 11.6 Å². The van der Waals surface area contributed by atoms with Crippen molar-refractivity contribution in [1.82, 2.24) is 0 Å². The van der Waals surface area contributed by atoms with Crippen LogP contribution in [0.1, 0.15) is 13.8 Å². The van der Waals surface area contributed by atoms with Crippen molar-refractivity contribution in [3.05, 3.63) is 30.3 Å². The number of carbonyl (C=O) groups is 1. The summed E-state index contributed by atoms with van der Waals surface area (Å²) in [6, 6.07) is 9.29. The summed E-state index contributed by atoms with van der Waals surface area (Å²) in [5, 5.41) is 1.29. The zero-order valence-electron chi connectivity index (χ0n) is 7.86. The fourth-order valence-electron chi connectivity index (χ4n) is 1.04. The van der Waals surface area contributed by atoms with Gasteiger partial charge in [0.1, 0.15) is 0 Å². The molecule has 0 aliphatic rings. The second-order valence-electron chi connectivity index (χ2n) is 2.57. The summed E-state index contributed by atoms with van der Waals surface area (Å²) in [6.07, 6.45) is 0. The maximum atomic E-state index is 11.1. The molecule has 1 amide bonds. The van der Waals surface area contributed by atoms with Gasteiger partial charge in [0.15, 0.2) is 0 Å². The lowest BCUT2D eigenvalue weighted by Gasteiger charge is -2.18. The third-order valence-electron chi connectivity index (χ3n) is 1.53. The molecule has 0 unspecified atom stereocenters. The molecule has 0 fully saturated rings. The van der Waals surface area contributed by atoms with Gasteiger partial charge in [0.25, 0.3) is 0 Å². The van der Waals surface area contributed by atoms with E-state index in [4.69, 9.17) is 4.84 Å². The van der Waals surface area contributed by atoms with Crippen LogP contribution >= 0.6 is 0 Å². The minimum Gasteiger partial charge on any atom is -0.273 e. The first-order valence-corrected chi connectivity index (χ1v) is 4.24. The van der Waals surface area contributed by atoms with Crippen LogP contribution in [-0.2, 0) is 9.63 Å². The van der Waals surface area contributed by atoms with Crippen molar-refractivity contribution in [1.29, 1.82) is 0 Å². The Morgan fingerprint density at radius 1 is 1.38 bits per heavy atom. The zero-order valence-corrected chi connectivity index (χ0v) is 7.86. The molecule has 1 aromatic carbocycles. The van der Waals surface area contributed by atoms with Crippen LogP contribution in [0.4, 0.5) is 5.69 Å². The third kappa shape index (κ3) is 2.56. The number of hydrogen-bond acceptors (Lipinski definition) is 2. The Bertz CT molecular complexity index is 272. The monoisotopic (exact) mass is 179 g/mol. The van der Waals surface area contributed by atoms with Crippen LogP contribution < -0.4 is 5.06 Å². The second-order valence-corrected chi connectivity index (χ2v) is 2.57. The number of hydroxylamine groups is 1. The highest BCUT2D eigenvalue weighted by molar-refractivity contribution is 5.89. The van der Waals surface area contributed by atoms with Crippen molar-refractivity contribution in [2.24, 2.45) is 0 Å². The van der Waals surface area contributed by atoms with E-state index in [0.29, 0.717) is 6.61 Å². The van der Waals surface area contributed by atoms with Crippen LogP contribution in [0.3, 0.4) is 0 Å². The average Bonchev–Trinajstić information content (AvgIpc) is 2.15. The molecule has 70 valence electrons. The van der Waals surface area contributed by atoms with Crippen LogP contribution in [0.15, 0.2) is 30.3 Å². The number of hydrogen-bond donors (Lipinski definition) is 0. The minimum atomic E-state index is -0.118. The second kappa shape index (κ2) is 4.62. The van der Waals surface area contributed by atoms with Crippen molar-refractivity contribution in [3.63, 3.8) is 0 Å². The lowest BCUT2D eigenvalue weighted by molar-refractivity contribution is -0.123. The molecule has 0 spiro atoms. The van der Waals surface area contributed by atoms with Gasteiger partial charge in [0, 0.05) is 6.92 Å². The van der Waals surface area contributed by atoms with E-state index < -0.39 is 0 Å². The lowest BCUT2D eigenvalue weighted by Crippen LogP contribution is -2.28. The quantitative estimate of drug-likeness (QED) is 0.664. The van der Waals surface area contributed by atoms with Crippen LogP contribution in [-0.4, -0.2) is 12.5 Å². The van der Waals surface area contributed by atoms with Gasteiger partial charge in [-0.15, -0.1) is 0 Å². The van der Waals surface area contributed by atoms with Gasteiger partial charge in [-0.3, -0.25) is 9.63 Å². The molecular formula is C10H13NO2. The first kappa shape index (κ1) is 9.74. The molecule has 0 heterocycles. The van der Waals surface area contributed by atoms with Gasteiger partial charge in [0.05, 0.1) is 12.3 Å². The summed E-state index contributed by atoms with van der Waals surface area (Å²) >= 11 is 0. The molecule has 0 saturated heterocycles. The molecule has 3 nitrogen and oxygen atoms in total. The molecule has 0 aliphatic heterocycles. The van der Waals surface area contributed by atoms with Crippen LogP contribution in [0.25, 0.3) is 0 Å². The summed E-state index contributed by atoms with van der Waals surface area (Å²) in [4.78, 5) is 16.3. The Kier molecular flexibility index (Phi) is 3.46. The number of carbonyl (C=O) groups excluding carboxylic acids is 1. The van der Waals surface area contributed by atoms with E-state index in [9.17, 15) is 4.79 Å².